The van der Waals surface area contributed by atoms with Crippen molar-refractivity contribution in [2.75, 3.05) is 5.32 Å². The van der Waals surface area contributed by atoms with Gasteiger partial charge in [-0.2, -0.15) is 0 Å². The molecule has 0 atom stereocenters. The summed E-state index contributed by atoms with van der Waals surface area (Å²) in [5, 5.41) is 3.47. The average Bonchev–Trinajstić information content (AvgIpc) is 2.74. The maximum Gasteiger partial charge on any atom is 0.258 e. The molecule has 2 aromatic carbocycles. The zero-order chi connectivity index (χ0) is 21.1. The van der Waals surface area contributed by atoms with Crippen LogP contribution in [0, 0.1) is 6.92 Å². The standard InChI is InChI=1S/C23H18ClN3O2S/c1-15-6-2-3-7-18(15)23(29)26-19-8-4-5-9-20(19)30-14-17-12-22(28)27-13-16(24)10-11-21(27)25-17/h2-13H,14H2,1H3,(H,26,29). The summed E-state index contributed by atoms with van der Waals surface area (Å²) in [5.41, 5.74) is 3.30. The van der Waals surface area contributed by atoms with E-state index in [1.807, 2.05) is 49.4 Å². The van der Waals surface area contributed by atoms with Crippen molar-refractivity contribution < 1.29 is 4.79 Å². The molecule has 0 aliphatic carbocycles. The van der Waals surface area contributed by atoms with Crippen molar-refractivity contribution in [3.8, 4) is 0 Å². The van der Waals surface area contributed by atoms with Crippen LogP contribution in [0.3, 0.4) is 0 Å². The fourth-order valence-corrected chi connectivity index (χ4v) is 4.13. The summed E-state index contributed by atoms with van der Waals surface area (Å²) in [6.45, 7) is 1.91. The highest BCUT2D eigenvalue weighted by Crippen LogP contribution is 2.30. The van der Waals surface area contributed by atoms with Crippen molar-refractivity contribution in [3.63, 3.8) is 0 Å². The maximum absolute atomic E-state index is 12.7. The second kappa shape index (κ2) is 8.73. The molecule has 4 rings (SSSR count). The van der Waals surface area contributed by atoms with E-state index in [1.165, 1.54) is 22.2 Å². The number of pyridine rings is 1. The maximum atomic E-state index is 12.7. The van der Waals surface area contributed by atoms with Gasteiger partial charge in [0.15, 0.2) is 0 Å². The van der Waals surface area contributed by atoms with Crippen molar-refractivity contribution in [1.29, 1.82) is 0 Å². The molecule has 1 amide bonds. The number of carbonyl (C=O) groups is 1. The minimum absolute atomic E-state index is 0.153. The van der Waals surface area contributed by atoms with Crippen molar-refractivity contribution in [3.05, 3.63) is 105 Å². The summed E-state index contributed by atoms with van der Waals surface area (Å²) >= 11 is 7.47. The molecule has 7 heteroatoms. The number of hydrogen-bond donors (Lipinski definition) is 1. The highest BCUT2D eigenvalue weighted by atomic mass is 35.5. The van der Waals surface area contributed by atoms with Gasteiger partial charge >= 0.3 is 0 Å². The fraction of sp³-hybridized carbons (Fsp3) is 0.0870. The summed E-state index contributed by atoms with van der Waals surface area (Å²) in [4.78, 5) is 30.5. The van der Waals surface area contributed by atoms with Gasteiger partial charge in [0.2, 0.25) is 0 Å². The van der Waals surface area contributed by atoms with Crippen molar-refractivity contribution in [1.82, 2.24) is 9.38 Å². The Morgan fingerprint density at radius 1 is 1.10 bits per heavy atom. The number of nitrogens with zero attached hydrogens (tertiary/aromatic N) is 2. The first-order chi connectivity index (χ1) is 14.5. The van der Waals surface area contributed by atoms with Gasteiger partial charge in [0.25, 0.3) is 11.5 Å². The number of anilines is 1. The van der Waals surface area contributed by atoms with Crippen LogP contribution in [0.2, 0.25) is 5.02 Å². The zero-order valence-corrected chi connectivity index (χ0v) is 17.7. The minimum Gasteiger partial charge on any atom is -0.321 e. The molecule has 0 saturated carbocycles. The number of thioether (sulfide) groups is 1. The van der Waals surface area contributed by atoms with Crippen LogP contribution in [-0.2, 0) is 5.75 Å². The Morgan fingerprint density at radius 2 is 1.87 bits per heavy atom. The predicted octanol–water partition coefficient (Wildman–Crippen LogP) is 5.20. The molecule has 2 aromatic heterocycles. The number of benzene rings is 2. The van der Waals surface area contributed by atoms with Crippen molar-refractivity contribution in [2.45, 2.75) is 17.6 Å². The number of halogens is 1. The molecule has 0 aliphatic heterocycles. The summed E-state index contributed by atoms with van der Waals surface area (Å²) in [5.74, 6) is 0.339. The van der Waals surface area contributed by atoms with Crippen LogP contribution in [0.4, 0.5) is 5.69 Å². The first-order valence-electron chi connectivity index (χ1n) is 9.28. The number of rotatable bonds is 5. The van der Waals surface area contributed by atoms with Gasteiger partial charge in [-0.1, -0.05) is 41.9 Å². The van der Waals surface area contributed by atoms with Gasteiger partial charge in [-0.15, -0.1) is 11.8 Å². The molecule has 0 aliphatic rings. The largest absolute Gasteiger partial charge is 0.321 e. The van der Waals surface area contributed by atoms with E-state index in [0.717, 1.165) is 16.1 Å². The summed E-state index contributed by atoms with van der Waals surface area (Å²) < 4.78 is 1.42. The Bertz CT molecular complexity index is 1300. The lowest BCUT2D eigenvalue weighted by atomic mass is 10.1. The van der Waals surface area contributed by atoms with E-state index >= 15 is 0 Å². The molecule has 5 nitrogen and oxygen atoms in total. The monoisotopic (exact) mass is 435 g/mol. The van der Waals surface area contributed by atoms with Crippen LogP contribution < -0.4 is 10.9 Å². The smallest absolute Gasteiger partial charge is 0.258 e. The SMILES string of the molecule is Cc1ccccc1C(=O)Nc1ccccc1SCc1cc(=O)n2cc(Cl)ccc2n1. The van der Waals surface area contributed by atoms with E-state index in [1.54, 1.807) is 24.4 Å². The Hall–Kier alpha value is -3.09. The number of fused-ring (bicyclic) bond motifs is 1. The van der Waals surface area contributed by atoms with Gasteiger partial charge < -0.3 is 5.32 Å². The molecule has 0 fully saturated rings. The van der Waals surface area contributed by atoms with Gasteiger partial charge in [0.1, 0.15) is 5.65 Å². The molecular weight excluding hydrogens is 418 g/mol. The van der Waals surface area contributed by atoms with E-state index in [9.17, 15) is 9.59 Å². The third-order valence-electron chi connectivity index (χ3n) is 4.58. The van der Waals surface area contributed by atoms with Crippen molar-refractivity contribution >= 4 is 40.6 Å². The lowest BCUT2D eigenvalue weighted by Gasteiger charge is -2.12. The predicted molar refractivity (Wildman–Crippen MR) is 122 cm³/mol. The second-order valence-electron chi connectivity index (χ2n) is 6.72. The van der Waals surface area contributed by atoms with Gasteiger partial charge in [-0.3, -0.25) is 14.0 Å². The van der Waals surface area contributed by atoms with Crippen molar-refractivity contribution in [2.24, 2.45) is 0 Å². The van der Waals surface area contributed by atoms with E-state index < -0.39 is 0 Å². The molecular formula is C23H18ClN3O2S. The molecule has 30 heavy (non-hydrogen) atoms. The first kappa shape index (κ1) is 20.2. The average molecular weight is 436 g/mol. The van der Waals surface area contributed by atoms with E-state index in [2.05, 4.69) is 10.3 Å². The van der Waals surface area contributed by atoms with Crippen LogP contribution in [0.15, 0.2) is 82.6 Å². The molecule has 0 unspecified atom stereocenters. The zero-order valence-electron chi connectivity index (χ0n) is 16.1. The molecule has 0 radical (unpaired) electrons. The van der Waals surface area contributed by atoms with Gasteiger partial charge in [-0.25, -0.2) is 4.98 Å². The number of carbonyl (C=O) groups excluding carboxylic acids is 1. The summed E-state index contributed by atoms with van der Waals surface area (Å²) in [6, 6.07) is 20.0. The molecule has 0 saturated heterocycles. The third kappa shape index (κ3) is 4.40. The number of nitrogens with one attached hydrogen (secondary N) is 1. The van der Waals surface area contributed by atoms with Crippen LogP contribution in [0.25, 0.3) is 5.65 Å². The van der Waals surface area contributed by atoms with Gasteiger partial charge in [-0.05, 0) is 42.8 Å². The quantitative estimate of drug-likeness (QED) is 0.437. The number of hydrogen-bond acceptors (Lipinski definition) is 4. The number of para-hydroxylation sites is 1. The van der Waals surface area contributed by atoms with Crippen LogP contribution in [-0.4, -0.2) is 15.3 Å². The lowest BCUT2D eigenvalue weighted by molar-refractivity contribution is 0.102. The molecule has 0 spiro atoms. The van der Waals surface area contributed by atoms with Crippen LogP contribution >= 0.6 is 23.4 Å². The number of amides is 1. The van der Waals surface area contributed by atoms with E-state index in [4.69, 9.17) is 11.6 Å². The normalized spacial score (nSPS) is 10.9. The number of aromatic nitrogens is 2. The minimum atomic E-state index is -0.181. The van der Waals surface area contributed by atoms with Gasteiger partial charge in [0, 0.05) is 28.5 Å². The van der Waals surface area contributed by atoms with Crippen LogP contribution in [0.1, 0.15) is 21.6 Å². The molecule has 1 N–H and O–H groups in total. The molecule has 4 aromatic rings. The van der Waals surface area contributed by atoms with Crippen LogP contribution in [0.5, 0.6) is 0 Å². The van der Waals surface area contributed by atoms with Gasteiger partial charge in [0.05, 0.1) is 16.4 Å². The summed E-state index contributed by atoms with van der Waals surface area (Å²) in [7, 11) is 0. The molecule has 150 valence electrons. The fourth-order valence-electron chi connectivity index (χ4n) is 3.06. The second-order valence-corrected chi connectivity index (χ2v) is 8.17. The molecule has 2 heterocycles. The Balaban J connectivity index is 1.54. The molecule has 0 bridgehead atoms. The lowest BCUT2D eigenvalue weighted by Crippen LogP contribution is -2.15. The number of aryl methyl sites for hydroxylation is 1. The highest BCUT2D eigenvalue weighted by Gasteiger charge is 2.12. The summed E-state index contributed by atoms with van der Waals surface area (Å²) in [6.07, 6.45) is 1.56. The highest BCUT2D eigenvalue weighted by molar-refractivity contribution is 7.98. The Kier molecular flexibility index (Phi) is 5.88. The first-order valence-corrected chi connectivity index (χ1v) is 10.6. The Labute approximate surface area is 182 Å². The Morgan fingerprint density at radius 3 is 2.70 bits per heavy atom. The van der Waals surface area contributed by atoms with E-state index in [0.29, 0.717) is 27.7 Å². The third-order valence-corrected chi connectivity index (χ3v) is 5.91. The van der Waals surface area contributed by atoms with E-state index in [-0.39, 0.29) is 11.5 Å². The topological polar surface area (TPSA) is 63.5 Å².